The van der Waals surface area contributed by atoms with Crippen LogP contribution in [0.3, 0.4) is 0 Å². The van der Waals surface area contributed by atoms with Crippen molar-refractivity contribution >= 4 is 11.6 Å². The second-order valence-electron chi connectivity index (χ2n) is 6.02. The normalized spacial score (nSPS) is 10.3. The Bertz CT molecular complexity index is 666. The maximum Gasteiger partial charge on any atom is 0.260 e. The van der Waals surface area contributed by atoms with Crippen LogP contribution in [0.4, 0.5) is 5.69 Å². The Morgan fingerprint density at radius 3 is 2.29 bits per heavy atom. The van der Waals surface area contributed by atoms with Crippen LogP contribution in [0.5, 0.6) is 5.75 Å². The number of ether oxygens (including phenoxy) is 1. The van der Waals surface area contributed by atoms with E-state index in [1.165, 1.54) is 0 Å². The monoisotopic (exact) mass is 326 g/mol. The Morgan fingerprint density at radius 2 is 1.71 bits per heavy atom. The molecule has 0 N–H and O–H groups in total. The smallest absolute Gasteiger partial charge is 0.260 e. The molecule has 0 saturated carbocycles. The van der Waals surface area contributed by atoms with Gasteiger partial charge in [-0.3, -0.25) is 4.79 Å². The Morgan fingerprint density at radius 1 is 1.04 bits per heavy atom. The second-order valence-corrected chi connectivity index (χ2v) is 6.02. The summed E-state index contributed by atoms with van der Waals surface area (Å²) in [6, 6.07) is 16.0. The van der Waals surface area contributed by atoms with Crippen LogP contribution in [-0.4, -0.2) is 38.1 Å². The van der Waals surface area contributed by atoms with Crippen LogP contribution in [0.2, 0.25) is 0 Å². The summed E-state index contributed by atoms with van der Waals surface area (Å²) in [4.78, 5) is 16.3. The largest absolute Gasteiger partial charge is 0.484 e. The molecule has 0 aliphatic heterocycles. The minimum absolute atomic E-state index is 0.00237. The number of carbonyl (C=O) groups excluding carboxylic acids is 1. The lowest BCUT2D eigenvalue weighted by atomic mass is 10.2. The van der Waals surface area contributed by atoms with E-state index < -0.39 is 0 Å². The minimum Gasteiger partial charge on any atom is -0.484 e. The number of para-hydroxylation sites is 1. The molecule has 24 heavy (non-hydrogen) atoms. The molecule has 0 fully saturated rings. The van der Waals surface area contributed by atoms with E-state index in [1.54, 1.807) is 0 Å². The summed E-state index contributed by atoms with van der Waals surface area (Å²) in [6.45, 7) is 5.28. The number of anilines is 1. The molecule has 0 spiro atoms. The van der Waals surface area contributed by atoms with E-state index in [0.717, 1.165) is 22.6 Å². The number of benzene rings is 2. The zero-order chi connectivity index (χ0) is 17.5. The Kier molecular flexibility index (Phi) is 6.24. The van der Waals surface area contributed by atoms with Gasteiger partial charge in [-0.2, -0.15) is 0 Å². The van der Waals surface area contributed by atoms with Crippen LogP contribution in [0.1, 0.15) is 18.1 Å². The molecular formula is C20H26N2O2. The molecule has 0 atom stereocenters. The van der Waals surface area contributed by atoms with Gasteiger partial charge < -0.3 is 14.5 Å². The van der Waals surface area contributed by atoms with Gasteiger partial charge >= 0.3 is 0 Å². The maximum atomic E-state index is 12.4. The van der Waals surface area contributed by atoms with E-state index in [1.807, 2.05) is 57.1 Å². The fourth-order valence-electron chi connectivity index (χ4n) is 2.45. The third-order valence-electron chi connectivity index (χ3n) is 4.01. The molecule has 4 heteroatoms. The molecule has 0 radical (unpaired) electrons. The van der Waals surface area contributed by atoms with Crippen molar-refractivity contribution in [2.24, 2.45) is 0 Å². The zero-order valence-electron chi connectivity index (χ0n) is 15.0. The molecule has 0 heterocycles. The van der Waals surface area contributed by atoms with Crippen LogP contribution in [0.15, 0.2) is 48.5 Å². The van der Waals surface area contributed by atoms with E-state index in [0.29, 0.717) is 13.1 Å². The number of aryl methyl sites for hydroxylation is 1. The first-order valence-corrected chi connectivity index (χ1v) is 8.23. The molecule has 0 unspecified atom stereocenters. The topological polar surface area (TPSA) is 32.8 Å². The average molecular weight is 326 g/mol. The fraction of sp³-hybridized carbons (Fsp3) is 0.350. The molecule has 1 amide bonds. The Labute approximate surface area is 144 Å². The molecule has 0 aliphatic rings. The van der Waals surface area contributed by atoms with Crippen molar-refractivity contribution in [1.29, 1.82) is 0 Å². The van der Waals surface area contributed by atoms with Crippen molar-refractivity contribution in [3.8, 4) is 5.75 Å². The molecule has 2 rings (SSSR count). The van der Waals surface area contributed by atoms with Gasteiger partial charge in [0.2, 0.25) is 0 Å². The predicted molar refractivity (Wildman–Crippen MR) is 98.5 cm³/mol. The summed E-state index contributed by atoms with van der Waals surface area (Å²) in [6.07, 6.45) is 0. The molecule has 4 nitrogen and oxygen atoms in total. The maximum absolute atomic E-state index is 12.4. The third-order valence-corrected chi connectivity index (χ3v) is 4.01. The summed E-state index contributed by atoms with van der Waals surface area (Å²) < 4.78 is 5.67. The lowest BCUT2D eigenvalue weighted by Crippen LogP contribution is -2.34. The average Bonchev–Trinajstić information content (AvgIpc) is 2.59. The quantitative estimate of drug-likeness (QED) is 0.781. The first kappa shape index (κ1) is 17.9. The molecule has 0 saturated heterocycles. The lowest BCUT2D eigenvalue weighted by molar-refractivity contribution is -0.133. The van der Waals surface area contributed by atoms with Gasteiger partial charge in [0, 0.05) is 32.9 Å². The highest BCUT2D eigenvalue weighted by molar-refractivity contribution is 5.77. The van der Waals surface area contributed by atoms with Gasteiger partial charge in [-0.1, -0.05) is 30.3 Å². The van der Waals surface area contributed by atoms with Gasteiger partial charge in [-0.05, 0) is 43.2 Å². The number of hydrogen-bond acceptors (Lipinski definition) is 3. The molecule has 128 valence electrons. The second kappa shape index (κ2) is 8.39. The summed E-state index contributed by atoms with van der Waals surface area (Å²) >= 11 is 0. The number of carbonyl (C=O) groups is 1. The highest BCUT2D eigenvalue weighted by atomic mass is 16.5. The third kappa shape index (κ3) is 4.75. The van der Waals surface area contributed by atoms with Crippen molar-refractivity contribution < 1.29 is 9.53 Å². The lowest BCUT2D eigenvalue weighted by Gasteiger charge is -2.22. The first-order valence-electron chi connectivity index (χ1n) is 8.23. The molecule has 0 bridgehead atoms. The molecule has 2 aromatic rings. The van der Waals surface area contributed by atoms with E-state index in [9.17, 15) is 4.79 Å². The van der Waals surface area contributed by atoms with Crippen LogP contribution in [0, 0.1) is 6.92 Å². The SMILES string of the molecule is CCN(Cc1ccc(N(C)C)cc1)C(=O)COc1ccccc1C. The van der Waals surface area contributed by atoms with E-state index >= 15 is 0 Å². The van der Waals surface area contributed by atoms with Gasteiger partial charge in [0.1, 0.15) is 5.75 Å². The van der Waals surface area contributed by atoms with Crippen molar-refractivity contribution in [2.75, 3.05) is 32.1 Å². The summed E-state index contributed by atoms with van der Waals surface area (Å²) in [5.74, 6) is 0.759. The van der Waals surface area contributed by atoms with E-state index in [4.69, 9.17) is 4.74 Å². The standard InChI is InChI=1S/C20H26N2O2/c1-5-22(14-17-10-12-18(13-11-17)21(3)4)20(23)15-24-19-9-7-6-8-16(19)2/h6-13H,5,14-15H2,1-4H3. The van der Waals surface area contributed by atoms with Crippen LogP contribution in [0.25, 0.3) is 0 Å². The number of hydrogen-bond donors (Lipinski definition) is 0. The van der Waals surface area contributed by atoms with Crippen molar-refractivity contribution in [1.82, 2.24) is 4.90 Å². The predicted octanol–water partition coefficient (Wildman–Crippen LogP) is 3.49. The minimum atomic E-state index is -0.00237. The van der Waals surface area contributed by atoms with Crippen molar-refractivity contribution in [3.05, 3.63) is 59.7 Å². The number of likely N-dealkylation sites (N-methyl/N-ethyl adjacent to an activating group) is 1. The number of rotatable bonds is 7. The van der Waals surface area contributed by atoms with Crippen LogP contribution >= 0.6 is 0 Å². The first-order chi connectivity index (χ1) is 11.5. The van der Waals surface area contributed by atoms with Gasteiger partial charge in [0.05, 0.1) is 0 Å². The number of amides is 1. The van der Waals surface area contributed by atoms with Gasteiger partial charge in [0.25, 0.3) is 5.91 Å². The van der Waals surface area contributed by atoms with Crippen molar-refractivity contribution in [2.45, 2.75) is 20.4 Å². The van der Waals surface area contributed by atoms with E-state index in [-0.39, 0.29) is 12.5 Å². The summed E-state index contributed by atoms with van der Waals surface area (Å²) in [5.41, 5.74) is 3.30. The van der Waals surface area contributed by atoms with Crippen molar-refractivity contribution in [3.63, 3.8) is 0 Å². The highest BCUT2D eigenvalue weighted by Crippen LogP contribution is 2.17. The highest BCUT2D eigenvalue weighted by Gasteiger charge is 2.13. The fourth-order valence-corrected chi connectivity index (χ4v) is 2.45. The molecule has 0 aromatic heterocycles. The summed E-state index contributed by atoms with van der Waals surface area (Å²) in [7, 11) is 4.03. The molecule has 2 aromatic carbocycles. The molecular weight excluding hydrogens is 300 g/mol. The zero-order valence-corrected chi connectivity index (χ0v) is 15.0. The van der Waals surface area contributed by atoms with Crippen LogP contribution in [-0.2, 0) is 11.3 Å². The van der Waals surface area contributed by atoms with Crippen LogP contribution < -0.4 is 9.64 Å². The Hall–Kier alpha value is -2.49. The van der Waals surface area contributed by atoms with Gasteiger partial charge in [-0.15, -0.1) is 0 Å². The summed E-state index contributed by atoms with van der Waals surface area (Å²) in [5, 5.41) is 0. The van der Waals surface area contributed by atoms with Gasteiger partial charge in [-0.25, -0.2) is 0 Å². The van der Waals surface area contributed by atoms with E-state index in [2.05, 4.69) is 29.2 Å². The van der Waals surface area contributed by atoms with Gasteiger partial charge in [0.15, 0.2) is 6.61 Å². The molecule has 0 aliphatic carbocycles. The Balaban J connectivity index is 1.95. The number of nitrogens with zero attached hydrogens (tertiary/aromatic N) is 2.